The first-order valence-electron chi connectivity index (χ1n) is 4.69. The number of ether oxygens (including phenoxy) is 1. The SMILES string of the molecule is CNCCS(=O)(=O)N(C)CC(O)COC. The van der Waals surface area contributed by atoms with Crippen LogP contribution in [0.5, 0.6) is 0 Å². The van der Waals surface area contributed by atoms with E-state index in [0.29, 0.717) is 6.54 Å². The fourth-order valence-electron chi connectivity index (χ4n) is 1.04. The molecule has 0 aliphatic heterocycles. The maximum atomic E-state index is 11.6. The second kappa shape index (κ2) is 7.13. The van der Waals surface area contributed by atoms with Crippen molar-refractivity contribution in [2.24, 2.45) is 0 Å². The largest absolute Gasteiger partial charge is 0.389 e. The van der Waals surface area contributed by atoms with Crippen LogP contribution in [0.15, 0.2) is 0 Å². The Morgan fingerprint density at radius 2 is 2.13 bits per heavy atom. The second-order valence-corrected chi connectivity index (χ2v) is 5.50. The summed E-state index contributed by atoms with van der Waals surface area (Å²) in [6.07, 6.45) is -0.788. The monoisotopic (exact) mass is 240 g/mol. The molecule has 0 aromatic rings. The van der Waals surface area contributed by atoms with Crippen LogP contribution in [0.2, 0.25) is 0 Å². The van der Waals surface area contributed by atoms with E-state index in [2.05, 4.69) is 5.32 Å². The van der Waals surface area contributed by atoms with Gasteiger partial charge in [0.1, 0.15) is 0 Å². The number of nitrogens with one attached hydrogen (secondary N) is 1. The lowest BCUT2D eigenvalue weighted by atomic mass is 10.4. The lowest BCUT2D eigenvalue weighted by molar-refractivity contribution is 0.0554. The summed E-state index contributed by atoms with van der Waals surface area (Å²) in [6.45, 7) is 0.582. The summed E-state index contributed by atoms with van der Waals surface area (Å²) < 4.78 is 29.0. The Morgan fingerprint density at radius 3 is 2.60 bits per heavy atom. The minimum atomic E-state index is -3.28. The van der Waals surface area contributed by atoms with Crippen molar-refractivity contribution in [3.8, 4) is 0 Å². The molecule has 15 heavy (non-hydrogen) atoms. The molecule has 0 fully saturated rings. The molecule has 7 heteroatoms. The Labute approximate surface area is 91.3 Å². The molecule has 0 aromatic carbocycles. The highest BCUT2D eigenvalue weighted by Crippen LogP contribution is 1.99. The van der Waals surface area contributed by atoms with E-state index in [4.69, 9.17) is 4.74 Å². The van der Waals surface area contributed by atoms with Crippen LogP contribution in [0, 0.1) is 0 Å². The molecule has 0 amide bonds. The zero-order valence-electron chi connectivity index (χ0n) is 9.43. The molecule has 0 heterocycles. The van der Waals surface area contributed by atoms with Crippen LogP contribution in [0.4, 0.5) is 0 Å². The van der Waals surface area contributed by atoms with E-state index in [0.717, 1.165) is 4.31 Å². The van der Waals surface area contributed by atoms with Gasteiger partial charge >= 0.3 is 0 Å². The Balaban J connectivity index is 4.12. The van der Waals surface area contributed by atoms with Gasteiger partial charge in [0.2, 0.25) is 10.0 Å². The molecule has 1 unspecified atom stereocenters. The predicted molar refractivity (Wildman–Crippen MR) is 58.2 cm³/mol. The highest BCUT2D eigenvalue weighted by molar-refractivity contribution is 7.89. The molecule has 0 aliphatic rings. The molecule has 0 saturated heterocycles. The lowest BCUT2D eigenvalue weighted by Gasteiger charge is -2.19. The zero-order chi connectivity index (χ0) is 11.9. The van der Waals surface area contributed by atoms with E-state index in [9.17, 15) is 13.5 Å². The van der Waals surface area contributed by atoms with Gasteiger partial charge in [0, 0.05) is 27.2 Å². The Kier molecular flexibility index (Phi) is 7.03. The number of aliphatic hydroxyl groups excluding tert-OH is 1. The van der Waals surface area contributed by atoms with E-state index >= 15 is 0 Å². The van der Waals surface area contributed by atoms with Crippen molar-refractivity contribution in [2.75, 3.05) is 46.7 Å². The molecule has 0 rings (SSSR count). The van der Waals surface area contributed by atoms with E-state index in [1.54, 1.807) is 7.05 Å². The molecule has 92 valence electrons. The molecule has 0 aromatic heterocycles. The third kappa shape index (κ3) is 6.06. The van der Waals surface area contributed by atoms with Crippen LogP contribution in [0.25, 0.3) is 0 Å². The van der Waals surface area contributed by atoms with Gasteiger partial charge < -0.3 is 15.2 Å². The van der Waals surface area contributed by atoms with Gasteiger partial charge in [-0.1, -0.05) is 0 Å². The molecule has 1 atom stereocenters. The third-order valence-electron chi connectivity index (χ3n) is 1.91. The van der Waals surface area contributed by atoms with Crippen molar-refractivity contribution < 1.29 is 18.3 Å². The normalized spacial score (nSPS) is 14.5. The molecule has 6 nitrogen and oxygen atoms in total. The maximum Gasteiger partial charge on any atom is 0.215 e. The minimum absolute atomic E-state index is 0.0275. The first kappa shape index (κ1) is 14.8. The fraction of sp³-hybridized carbons (Fsp3) is 1.00. The molecule has 0 bridgehead atoms. The van der Waals surface area contributed by atoms with E-state index in [1.165, 1.54) is 14.2 Å². The van der Waals surface area contributed by atoms with Crippen molar-refractivity contribution >= 4 is 10.0 Å². The summed E-state index contributed by atoms with van der Waals surface area (Å²) in [5.74, 6) is 0.0275. The molecular formula is C8H20N2O4S. The molecule has 2 N–H and O–H groups in total. The van der Waals surface area contributed by atoms with Gasteiger partial charge in [0.05, 0.1) is 18.5 Å². The maximum absolute atomic E-state index is 11.6. The van der Waals surface area contributed by atoms with Crippen LogP contribution in [-0.2, 0) is 14.8 Å². The average molecular weight is 240 g/mol. The average Bonchev–Trinajstić information content (AvgIpc) is 2.15. The van der Waals surface area contributed by atoms with Crippen molar-refractivity contribution in [3.63, 3.8) is 0 Å². The van der Waals surface area contributed by atoms with Crippen molar-refractivity contribution in [2.45, 2.75) is 6.10 Å². The van der Waals surface area contributed by atoms with Gasteiger partial charge in [0.15, 0.2) is 0 Å². The second-order valence-electron chi connectivity index (χ2n) is 3.31. The van der Waals surface area contributed by atoms with Crippen molar-refractivity contribution in [1.82, 2.24) is 9.62 Å². The number of hydrogen-bond acceptors (Lipinski definition) is 5. The number of rotatable bonds is 8. The van der Waals surface area contributed by atoms with Gasteiger partial charge in [0.25, 0.3) is 0 Å². The van der Waals surface area contributed by atoms with E-state index in [1.807, 2.05) is 0 Å². The lowest BCUT2D eigenvalue weighted by Crippen LogP contribution is -2.39. The number of likely N-dealkylation sites (N-methyl/N-ethyl adjacent to an activating group) is 1. The molecular weight excluding hydrogens is 220 g/mol. The molecule has 0 radical (unpaired) electrons. The third-order valence-corrected chi connectivity index (χ3v) is 3.73. The minimum Gasteiger partial charge on any atom is -0.389 e. The summed E-state index contributed by atoms with van der Waals surface area (Å²) in [4.78, 5) is 0. The smallest absolute Gasteiger partial charge is 0.215 e. The van der Waals surface area contributed by atoms with Crippen LogP contribution >= 0.6 is 0 Å². The summed E-state index contributed by atoms with van der Waals surface area (Å²) in [5, 5.41) is 12.1. The summed E-state index contributed by atoms with van der Waals surface area (Å²) in [6, 6.07) is 0. The van der Waals surface area contributed by atoms with Crippen LogP contribution < -0.4 is 5.32 Å². The number of sulfonamides is 1. The number of aliphatic hydroxyl groups is 1. The van der Waals surface area contributed by atoms with Gasteiger partial charge in [-0.25, -0.2) is 12.7 Å². The summed E-state index contributed by atoms with van der Waals surface area (Å²) in [7, 11) is 1.31. The van der Waals surface area contributed by atoms with E-state index < -0.39 is 16.1 Å². The van der Waals surface area contributed by atoms with Crippen molar-refractivity contribution in [1.29, 1.82) is 0 Å². The van der Waals surface area contributed by atoms with Crippen LogP contribution in [0.3, 0.4) is 0 Å². The number of nitrogens with zero attached hydrogens (tertiary/aromatic N) is 1. The first-order chi connectivity index (χ1) is 6.94. The van der Waals surface area contributed by atoms with Crippen molar-refractivity contribution in [3.05, 3.63) is 0 Å². The highest BCUT2D eigenvalue weighted by Gasteiger charge is 2.19. The topological polar surface area (TPSA) is 78.9 Å². The Morgan fingerprint density at radius 1 is 1.53 bits per heavy atom. The van der Waals surface area contributed by atoms with E-state index in [-0.39, 0.29) is 18.9 Å². The van der Waals surface area contributed by atoms with Crippen LogP contribution in [-0.4, -0.2) is 70.6 Å². The molecule has 0 saturated carbocycles. The molecule has 0 spiro atoms. The zero-order valence-corrected chi connectivity index (χ0v) is 10.2. The van der Waals surface area contributed by atoms with Gasteiger partial charge in [-0.05, 0) is 7.05 Å². The van der Waals surface area contributed by atoms with Gasteiger partial charge in [-0.3, -0.25) is 0 Å². The number of hydrogen-bond donors (Lipinski definition) is 2. The molecule has 0 aliphatic carbocycles. The summed E-state index contributed by atoms with van der Waals surface area (Å²) >= 11 is 0. The standard InChI is InChI=1S/C8H20N2O4S/c1-9-4-5-15(12,13)10(2)6-8(11)7-14-3/h8-9,11H,4-7H2,1-3H3. The Bertz CT molecular complexity index is 255. The van der Waals surface area contributed by atoms with Gasteiger partial charge in [-0.15, -0.1) is 0 Å². The predicted octanol–water partition coefficient (Wildman–Crippen LogP) is -1.53. The highest BCUT2D eigenvalue weighted by atomic mass is 32.2. The number of methoxy groups -OCH3 is 1. The fourth-order valence-corrected chi connectivity index (χ4v) is 2.22. The van der Waals surface area contributed by atoms with Crippen LogP contribution in [0.1, 0.15) is 0 Å². The quantitative estimate of drug-likeness (QED) is 0.538. The van der Waals surface area contributed by atoms with Gasteiger partial charge in [-0.2, -0.15) is 0 Å². The summed E-state index contributed by atoms with van der Waals surface area (Å²) in [5.41, 5.74) is 0. The Hall–Kier alpha value is -0.210. The first-order valence-corrected chi connectivity index (χ1v) is 6.30.